The van der Waals surface area contributed by atoms with Gasteiger partial charge in [0.25, 0.3) is 0 Å². The molecule has 0 aliphatic rings. The number of hydrogen-bond donors (Lipinski definition) is 1. The number of ether oxygens (including phenoxy) is 2. The highest BCUT2D eigenvalue weighted by atomic mass is 35.5. The molecule has 0 radical (unpaired) electrons. The first kappa shape index (κ1) is 15.3. The van der Waals surface area contributed by atoms with Crippen LogP contribution >= 0.6 is 11.6 Å². The Bertz CT molecular complexity index is 625. The van der Waals surface area contributed by atoms with E-state index in [0.717, 1.165) is 6.20 Å². The molecule has 5 nitrogen and oxygen atoms in total. The lowest BCUT2D eigenvalue weighted by atomic mass is 10.2. The van der Waals surface area contributed by atoms with Crippen LogP contribution in [0.2, 0.25) is 5.28 Å². The van der Waals surface area contributed by atoms with Crippen molar-refractivity contribution in [2.24, 2.45) is 0 Å². The van der Waals surface area contributed by atoms with Crippen LogP contribution in [0.1, 0.15) is 13.8 Å². The van der Waals surface area contributed by atoms with E-state index in [1.807, 2.05) is 13.8 Å². The van der Waals surface area contributed by atoms with Gasteiger partial charge in [-0.1, -0.05) is 0 Å². The van der Waals surface area contributed by atoms with Gasteiger partial charge in [0, 0.05) is 11.8 Å². The fraction of sp³-hybridized carbons (Fsp3) is 0.286. The van der Waals surface area contributed by atoms with Crippen molar-refractivity contribution in [1.29, 1.82) is 0 Å². The second-order valence-electron chi connectivity index (χ2n) is 3.99. The van der Waals surface area contributed by atoms with E-state index in [1.54, 1.807) is 18.2 Å². The molecule has 1 aromatic carbocycles. The summed E-state index contributed by atoms with van der Waals surface area (Å²) in [5.41, 5.74) is 0.607. The lowest BCUT2D eigenvalue weighted by Crippen LogP contribution is -2.01. The predicted molar refractivity (Wildman–Crippen MR) is 79.1 cm³/mol. The molecule has 0 aliphatic heterocycles. The normalized spacial score (nSPS) is 10.3. The fourth-order valence-electron chi connectivity index (χ4n) is 1.70. The molecule has 0 fully saturated rings. The molecule has 0 spiro atoms. The van der Waals surface area contributed by atoms with Crippen LogP contribution < -0.4 is 14.8 Å². The van der Waals surface area contributed by atoms with Crippen molar-refractivity contribution in [3.8, 4) is 11.5 Å². The van der Waals surface area contributed by atoms with Crippen LogP contribution in [-0.2, 0) is 0 Å². The number of anilines is 2. The Balaban J connectivity index is 2.27. The molecule has 1 N–H and O–H groups in total. The van der Waals surface area contributed by atoms with Crippen LogP contribution in [0.25, 0.3) is 0 Å². The first-order valence-corrected chi connectivity index (χ1v) is 6.86. The van der Waals surface area contributed by atoms with Crippen molar-refractivity contribution in [3.05, 3.63) is 35.5 Å². The highest BCUT2D eigenvalue weighted by Gasteiger charge is 2.10. The summed E-state index contributed by atoms with van der Waals surface area (Å²) in [5, 5.41) is 2.80. The molecule has 0 atom stereocenters. The van der Waals surface area contributed by atoms with E-state index in [0.29, 0.717) is 30.4 Å². The van der Waals surface area contributed by atoms with Gasteiger partial charge in [0.2, 0.25) is 5.28 Å². The molecule has 1 aromatic heterocycles. The Kier molecular flexibility index (Phi) is 5.16. The van der Waals surface area contributed by atoms with E-state index < -0.39 is 5.82 Å². The van der Waals surface area contributed by atoms with E-state index in [-0.39, 0.29) is 11.1 Å². The van der Waals surface area contributed by atoms with E-state index in [1.165, 1.54) is 0 Å². The Morgan fingerprint density at radius 1 is 1.19 bits per heavy atom. The van der Waals surface area contributed by atoms with Crippen LogP contribution in [0.15, 0.2) is 24.4 Å². The fourth-order valence-corrected chi connectivity index (χ4v) is 1.83. The van der Waals surface area contributed by atoms with Gasteiger partial charge < -0.3 is 14.8 Å². The molecule has 2 aromatic rings. The molecule has 21 heavy (non-hydrogen) atoms. The predicted octanol–water partition coefficient (Wildman–Crippen LogP) is 3.81. The molecule has 0 aliphatic carbocycles. The third-order valence-electron chi connectivity index (χ3n) is 2.52. The van der Waals surface area contributed by atoms with Gasteiger partial charge in [-0.2, -0.15) is 4.98 Å². The van der Waals surface area contributed by atoms with Crippen LogP contribution in [-0.4, -0.2) is 23.2 Å². The van der Waals surface area contributed by atoms with E-state index in [9.17, 15) is 4.39 Å². The van der Waals surface area contributed by atoms with Gasteiger partial charge in [0.05, 0.1) is 19.4 Å². The topological polar surface area (TPSA) is 56.3 Å². The van der Waals surface area contributed by atoms with Crippen LogP contribution in [0.5, 0.6) is 11.5 Å². The van der Waals surface area contributed by atoms with Crippen LogP contribution in [0.3, 0.4) is 0 Å². The van der Waals surface area contributed by atoms with Gasteiger partial charge in [-0.05, 0) is 37.6 Å². The van der Waals surface area contributed by atoms with Crippen LogP contribution in [0.4, 0.5) is 15.9 Å². The third-order valence-corrected chi connectivity index (χ3v) is 2.70. The van der Waals surface area contributed by atoms with Crippen molar-refractivity contribution in [1.82, 2.24) is 9.97 Å². The summed E-state index contributed by atoms with van der Waals surface area (Å²) in [6.07, 6.45) is 1.01. The number of halogens is 2. The van der Waals surface area contributed by atoms with E-state index in [2.05, 4.69) is 15.3 Å². The summed E-state index contributed by atoms with van der Waals surface area (Å²) in [7, 11) is 0. The first-order valence-electron chi connectivity index (χ1n) is 6.48. The third kappa shape index (κ3) is 3.95. The zero-order valence-electron chi connectivity index (χ0n) is 11.7. The number of nitrogens with one attached hydrogen (secondary N) is 1. The summed E-state index contributed by atoms with van der Waals surface area (Å²) in [6.45, 7) is 4.79. The quantitative estimate of drug-likeness (QED) is 0.822. The second-order valence-corrected chi connectivity index (χ2v) is 4.33. The smallest absolute Gasteiger partial charge is 0.224 e. The average Bonchev–Trinajstić information content (AvgIpc) is 2.46. The minimum Gasteiger partial charge on any atom is -0.490 e. The Morgan fingerprint density at radius 2 is 1.90 bits per heavy atom. The lowest BCUT2D eigenvalue weighted by Gasteiger charge is -2.13. The lowest BCUT2D eigenvalue weighted by molar-refractivity contribution is 0.288. The van der Waals surface area contributed by atoms with Gasteiger partial charge in [-0.25, -0.2) is 9.37 Å². The molecular formula is C14H15ClFN3O2. The Labute approximate surface area is 127 Å². The summed E-state index contributed by atoms with van der Waals surface area (Å²) in [5.74, 6) is 0.615. The van der Waals surface area contributed by atoms with E-state index in [4.69, 9.17) is 21.1 Å². The van der Waals surface area contributed by atoms with Crippen molar-refractivity contribution in [2.45, 2.75) is 13.8 Å². The largest absolute Gasteiger partial charge is 0.490 e. The minimum atomic E-state index is -0.591. The number of rotatable bonds is 6. The van der Waals surface area contributed by atoms with E-state index >= 15 is 0 Å². The number of hydrogen-bond acceptors (Lipinski definition) is 5. The highest BCUT2D eigenvalue weighted by molar-refractivity contribution is 6.28. The van der Waals surface area contributed by atoms with Gasteiger partial charge in [0.15, 0.2) is 23.1 Å². The zero-order chi connectivity index (χ0) is 15.2. The second kappa shape index (κ2) is 7.08. The molecule has 0 saturated heterocycles. The SMILES string of the molecule is CCOc1ccc(Nc2nc(Cl)ncc2F)cc1OCC. The monoisotopic (exact) mass is 311 g/mol. The average molecular weight is 312 g/mol. The Hall–Kier alpha value is -2.08. The zero-order valence-corrected chi connectivity index (χ0v) is 12.4. The molecule has 112 valence electrons. The maximum Gasteiger partial charge on any atom is 0.224 e. The molecule has 0 bridgehead atoms. The minimum absolute atomic E-state index is 0.00149. The number of nitrogens with zero attached hydrogens (tertiary/aromatic N) is 2. The summed E-state index contributed by atoms with van der Waals surface area (Å²) in [6, 6.07) is 5.20. The van der Waals surface area contributed by atoms with Gasteiger partial charge in [0.1, 0.15) is 0 Å². The summed E-state index contributed by atoms with van der Waals surface area (Å²) < 4.78 is 24.6. The Morgan fingerprint density at radius 3 is 2.62 bits per heavy atom. The highest BCUT2D eigenvalue weighted by Crippen LogP contribution is 2.32. The molecule has 1 heterocycles. The number of benzene rings is 1. The van der Waals surface area contributed by atoms with Crippen LogP contribution in [0, 0.1) is 5.82 Å². The molecule has 2 rings (SSSR count). The maximum atomic E-state index is 13.6. The van der Waals surface area contributed by atoms with Gasteiger partial charge in [-0.3, -0.25) is 0 Å². The van der Waals surface area contributed by atoms with Gasteiger partial charge >= 0.3 is 0 Å². The standard InChI is InChI=1S/C14H15ClFN3O2/c1-3-20-11-6-5-9(7-12(11)21-4-2)18-13-10(16)8-17-14(15)19-13/h5-8H,3-4H2,1-2H3,(H,17,18,19). The summed E-state index contributed by atoms with van der Waals surface area (Å²) >= 11 is 5.66. The van der Waals surface area contributed by atoms with Gasteiger partial charge in [-0.15, -0.1) is 0 Å². The molecular weight excluding hydrogens is 297 g/mol. The summed E-state index contributed by atoms with van der Waals surface area (Å²) in [4.78, 5) is 7.36. The molecule has 0 unspecified atom stereocenters. The molecule has 7 heteroatoms. The number of aromatic nitrogens is 2. The van der Waals surface area contributed by atoms with Crippen molar-refractivity contribution in [2.75, 3.05) is 18.5 Å². The molecule has 0 saturated carbocycles. The van der Waals surface area contributed by atoms with Crippen molar-refractivity contribution in [3.63, 3.8) is 0 Å². The molecule has 0 amide bonds. The first-order chi connectivity index (χ1) is 10.1. The maximum absolute atomic E-state index is 13.6. The van der Waals surface area contributed by atoms with Crippen molar-refractivity contribution >= 4 is 23.1 Å². The van der Waals surface area contributed by atoms with Crippen molar-refractivity contribution < 1.29 is 13.9 Å².